The van der Waals surface area contributed by atoms with Crippen molar-refractivity contribution in [3.05, 3.63) is 34.6 Å². The molecule has 1 aromatic rings. The van der Waals surface area contributed by atoms with Gasteiger partial charge < -0.3 is 5.73 Å². The largest absolute Gasteiger partial charge is 0.369 e. The van der Waals surface area contributed by atoms with Crippen LogP contribution in [0.1, 0.15) is 5.56 Å². The SMILES string of the molecule is CN(CCc1cc(Cl)ccc1F)CC(N)=O. The lowest BCUT2D eigenvalue weighted by Crippen LogP contribution is -2.32. The first-order valence-corrected chi connectivity index (χ1v) is 5.27. The first-order valence-electron chi connectivity index (χ1n) is 4.90. The van der Waals surface area contributed by atoms with Crippen LogP contribution in [0.2, 0.25) is 5.02 Å². The van der Waals surface area contributed by atoms with E-state index in [2.05, 4.69) is 0 Å². The van der Waals surface area contributed by atoms with E-state index in [1.807, 2.05) is 0 Å². The van der Waals surface area contributed by atoms with Crippen molar-refractivity contribution in [1.82, 2.24) is 4.90 Å². The lowest BCUT2D eigenvalue weighted by Gasteiger charge is -2.14. The maximum Gasteiger partial charge on any atom is 0.231 e. The topological polar surface area (TPSA) is 46.3 Å². The Hall–Kier alpha value is -1.13. The Morgan fingerprint density at radius 3 is 2.88 bits per heavy atom. The molecule has 0 spiro atoms. The van der Waals surface area contributed by atoms with Gasteiger partial charge in [0.1, 0.15) is 5.82 Å². The molecule has 0 unspecified atom stereocenters. The number of hydrogen-bond donors (Lipinski definition) is 1. The van der Waals surface area contributed by atoms with Crippen LogP contribution in [0.3, 0.4) is 0 Å². The summed E-state index contributed by atoms with van der Waals surface area (Å²) in [4.78, 5) is 12.4. The van der Waals surface area contributed by atoms with Gasteiger partial charge in [-0.2, -0.15) is 0 Å². The molecule has 0 aliphatic carbocycles. The molecule has 0 aromatic heterocycles. The van der Waals surface area contributed by atoms with E-state index in [4.69, 9.17) is 17.3 Å². The summed E-state index contributed by atoms with van der Waals surface area (Å²) in [5.41, 5.74) is 5.59. The van der Waals surface area contributed by atoms with Crippen LogP contribution in [0.5, 0.6) is 0 Å². The second kappa shape index (κ2) is 5.82. The number of nitrogens with two attached hydrogens (primary N) is 1. The number of nitrogens with zero attached hydrogens (tertiary/aromatic N) is 1. The van der Waals surface area contributed by atoms with Crippen molar-refractivity contribution in [3.63, 3.8) is 0 Å². The number of carbonyl (C=O) groups is 1. The summed E-state index contributed by atoms with van der Waals surface area (Å²) in [5, 5.41) is 0.508. The highest BCUT2D eigenvalue weighted by molar-refractivity contribution is 6.30. The molecule has 0 saturated carbocycles. The molecule has 0 heterocycles. The Labute approximate surface area is 99.0 Å². The predicted molar refractivity (Wildman–Crippen MR) is 61.8 cm³/mol. The number of primary amides is 1. The van der Waals surface area contributed by atoms with Gasteiger partial charge in [-0.25, -0.2) is 4.39 Å². The molecule has 1 aromatic carbocycles. The second-order valence-corrected chi connectivity index (χ2v) is 4.13. The number of halogens is 2. The van der Waals surface area contributed by atoms with Gasteiger partial charge in [-0.3, -0.25) is 9.69 Å². The summed E-state index contributed by atoms with van der Waals surface area (Å²) in [7, 11) is 1.76. The molecule has 0 fully saturated rings. The summed E-state index contributed by atoms with van der Waals surface area (Å²) in [6, 6.07) is 4.44. The molecule has 1 rings (SSSR count). The quantitative estimate of drug-likeness (QED) is 0.852. The van der Waals surface area contributed by atoms with Gasteiger partial charge in [0.2, 0.25) is 5.91 Å². The maximum absolute atomic E-state index is 13.3. The normalized spacial score (nSPS) is 10.8. The zero-order valence-electron chi connectivity index (χ0n) is 9.04. The highest BCUT2D eigenvalue weighted by Gasteiger charge is 2.06. The lowest BCUT2D eigenvalue weighted by molar-refractivity contribution is -0.118. The summed E-state index contributed by atoms with van der Waals surface area (Å²) in [5.74, 6) is -0.675. The van der Waals surface area contributed by atoms with Crippen molar-refractivity contribution in [2.24, 2.45) is 5.73 Å². The van der Waals surface area contributed by atoms with Gasteiger partial charge in [0, 0.05) is 11.6 Å². The van der Waals surface area contributed by atoms with Gasteiger partial charge in [-0.15, -0.1) is 0 Å². The fraction of sp³-hybridized carbons (Fsp3) is 0.364. The van der Waals surface area contributed by atoms with Gasteiger partial charge >= 0.3 is 0 Å². The second-order valence-electron chi connectivity index (χ2n) is 3.69. The number of rotatable bonds is 5. The minimum absolute atomic E-state index is 0.169. The smallest absolute Gasteiger partial charge is 0.231 e. The first kappa shape index (κ1) is 12.9. The number of benzene rings is 1. The third-order valence-corrected chi connectivity index (χ3v) is 2.43. The first-order chi connectivity index (χ1) is 7.49. The van der Waals surface area contributed by atoms with E-state index in [0.29, 0.717) is 23.6 Å². The summed E-state index contributed by atoms with van der Waals surface area (Å²) in [6.45, 7) is 0.725. The van der Waals surface area contributed by atoms with E-state index in [-0.39, 0.29) is 12.4 Å². The van der Waals surface area contributed by atoms with Gasteiger partial charge in [0.05, 0.1) is 6.54 Å². The number of amides is 1. The molecule has 0 aliphatic rings. The van der Waals surface area contributed by atoms with Crippen molar-refractivity contribution in [2.45, 2.75) is 6.42 Å². The fourth-order valence-electron chi connectivity index (χ4n) is 1.39. The molecule has 2 N–H and O–H groups in total. The Morgan fingerprint density at radius 1 is 1.56 bits per heavy atom. The molecule has 0 saturated heterocycles. The number of likely N-dealkylation sites (N-methyl/N-ethyl adjacent to an activating group) is 1. The monoisotopic (exact) mass is 244 g/mol. The molecule has 16 heavy (non-hydrogen) atoms. The molecule has 5 heteroatoms. The van der Waals surface area contributed by atoms with Crippen molar-refractivity contribution < 1.29 is 9.18 Å². The molecule has 1 amide bonds. The van der Waals surface area contributed by atoms with Crippen molar-refractivity contribution in [2.75, 3.05) is 20.1 Å². The third kappa shape index (κ3) is 4.16. The third-order valence-electron chi connectivity index (χ3n) is 2.20. The minimum atomic E-state index is -0.394. The van der Waals surface area contributed by atoms with Gasteiger partial charge in [0.15, 0.2) is 0 Å². The average molecular weight is 245 g/mol. The van der Waals surface area contributed by atoms with Crippen LogP contribution in [0.15, 0.2) is 18.2 Å². The molecule has 0 bridgehead atoms. The van der Waals surface area contributed by atoms with E-state index in [1.165, 1.54) is 12.1 Å². The molecular formula is C11H14ClFN2O. The molecular weight excluding hydrogens is 231 g/mol. The van der Waals surface area contributed by atoms with E-state index >= 15 is 0 Å². The fourth-order valence-corrected chi connectivity index (χ4v) is 1.59. The Bertz CT molecular complexity index is 384. The highest BCUT2D eigenvalue weighted by atomic mass is 35.5. The van der Waals surface area contributed by atoms with Gasteiger partial charge in [0.25, 0.3) is 0 Å². The van der Waals surface area contributed by atoms with Crippen LogP contribution in [0.25, 0.3) is 0 Å². The zero-order valence-corrected chi connectivity index (χ0v) is 9.80. The minimum Gasteiger partial charge on any atom is -0.369 e. The van der Waals surface area contributed by atoms with Crippen LogP contribution < -0.4 is 5.73 Å². The molecule has 0 aliphatic heterocycles. The summed E-state index contributed by atoms with van der Waals surface area (Å²) in [6.07, 6.45) is 0.496. The van der Waals surface area contributed by atoms with Crippen molar-refractivity contribution in [3.8, 4) is 0 Å². The van der Waals surface area contributed by atoms with E-state index < -0.39 is 5.91 Å². The van der Waals surface area contributed by atoms with Crippen LogP contribution in [0.4, 0.5) is 4.39 Å². The van der Waals surface area contributed by atoms with Crippen LogP contribution in [-0.4, -0.2) is 30.9 Å². The average Bonchev–Trinajstić information content (AvgIpc) is 2.18. The number of carbonyl (C=O) groups excluding carboxylic acids is 1. The van der Waals surface area contributed by atoms with Crippen LogP contribution in [-0.2, 0) is 11.2 Å². The molecule has 3 nitrogen and oxygen atoms in total. The Morgan fingerprint density at radius 2 is 2.25 bits per heavy atom. The summed E-state index contributed by atoms with van der Waals surface area (Å²) >= 11 is 5.76. The Balaban J connectivity index is 2.54. The standard InChI is InChI=1S/C11H14ClFN2O/c1-15(7-11(14)16)5-4-8-6-9(12)2-3-10(8)13/h2-3,6H,4-5,7H2,1H3,(H2,14,16). The maximum atomic E-state index is 13.3. The summed E-state index contributed by atoms with van der Waals surface area (Å²) < 4.78 is 13.3. The zero-order chi connectivity index (χ0) is 12.1. The molecule has 0 atom stereocenters. The van der Waals surface area contributed by atoms with E-state index in [9.17, 15) is 9.18 Å². The lowest BCUT2D eigenvalue weighted by atomic mass is 10.1. The number of hydrogen-bond acceptors (Lipinski definition) is 2. The molecule has 88 valence electrons. The van der Waals surface area contributed by atoms with Gasteiger partial charge in [-0.05, 0) is 37.2 Å². The predicted octanol–water partition coefficient (Wildman–Crippen LogP) is 1.44. The van der Waals surface area contributed by atoms with E-state index in [0.717, 1.165) is 0 Å². The van der Waals surface area contributed by atoms with Crippen molar-refractivity contribution in [1.29, 1.82) is 0 Å². The van der Waals surface area contributed by atoms with Crippen LogP contribution in [0, 0.1) is 5.82 Å². The highest BCUT2D eigenvalue weighted by Crippen LogP contribution is 2.15. The van der Waals surface area contributed by atoms with E-state index in [1.54, 1.807) is 18.0 Å². The molecule has 0 radical (unpaired) electrons. The Kier molecular flexibility index (Phi) is 4.71. The van der Waals surface area contributed by atoms with Crippen LogP contribution >= 0.6 is 11.6 Å². The van der Waals surface area contributed by atoms with Gasteiger partial charge in [-0.1, -0.05) is 11.6 Å². The van der Waals surface area contributed by atoms with Crippen molar-refractivity contribution >= 4 is 17.5 Å².